The molecule has 0 radical (unpaired) electrons. The van der Waals surface area contributed by atoms with Crippen LogP contribution in [0, 0.1) is 13.8 Å². The number of aryl methyl sites for hydroxylation is 2. The molecule has 0 atom stereocenters. The molecule has 1 aliphatic rings. The lowest BCUT2D eigenvalue weighted by Crippen LogP contribution is -2.40. The Morgan fingerprint density at radius 1 is 1.28 bits per heavy atom. The molecule has 0 aromatic heterocycles. The van der Waals surface area contributed by atoms with E-state index in [9.17, 15) is 0 Å². The van der Waals surface area contributed by atoms with Gasteiger partial charge in [0.05, 0.1) is 0 Å². The molecule has 0 spiro atoms. The first-order chi connectivity index (χ1) is 8.69. The molecule has 0 unspecified atom stereocenters. The summed E-state index contributed by atoms with van der Waals surface area (Å²) >= 11 is 0. The molecule has 0 amide bonds. The number of benzene rings is 1. The molecule has 100 valence electrons. The Hall–Kier alpha value is -1.06. The third-order valence-electron chi connectivity index (χ3n) is 3.62. The number of nitrogens with zero attached hydrogens (tertiary/aromatic N) is 1. The highest BCUT2D eigenvalue weighted by Gasteiger charge is 2.20. The number of ether oxygens (including phenoxy) is 1. The van der Waals surface area contributed by atoms with Crippen LogP contribution in [-0.4, -0.2) is 37.2 Å². The molecule has 0 saturated carbocycles. The largest absolute Gasteiger partial charge is 0.490 e. The van der Waals surface area contributed by atoms with E-state index in [4.69, 9.17) is 10.5 Å². The highest BCUT2D eigenvalue weighted by Crippen LogP contribution is 2.23. The van der Waals surface area contributed by atoms with Gasteiger partial charge in [0, 0.05) is 26.2 Å². The number of likely N-dealkylation sites (tertiary alicyclic amines) is 1. The molecule has 18 heavy (non-hydrogen) atoms. The van der Waals surface area contributed by atoms with E-state index in [1.807, 2.05) is 0 Å². The van der Waals surface area contributed by atoms with Crippen molar-refractivity contribution in [2.45, 2.75) is 32.8 Å². The molecule has 2 N–H and O–H groups in total. The third-order valence-corrected chi connectivity index (χ3v) is 3.62. The zero-order valence-corrected chi connectivity index (χ0v) is 11.5. The van der Waals surface area contributed by atoms with E-state index in [0.29, 0.717) is 6.10 Å². The maximum absolute atomic E-state index is 6.14. The van der Waals surface area contributed by atoms with Crippen LogP contribution in [0.15, 0.2) is 18.2 Å². The average Bonchev–Trinajstić information content (AvgIpc) is 2.37. The van der Waals surface area contributed by atoms with Crippen LogP contribution in [-0.2, 0) is 0 Å². The van der Waals surface area contributed by atoms with Gasteiger partial charge in [-0.1, -0.05) is 12.1 Å². The Kier molecular flexibility index (Phi) is 4.61. The molecule has 1 saturated heterocycles. The maximum Gasteiger partial charge on any atom is 0.122 e. The number of hydrogen-bond donors (Lipinski definition) is 1. The van der Waals surface area contributed by atoms with Gasteiger partial charge in [-0.25, -0.2) is 0 Å². The minimum atomic E-state index is 0.361. The van der Waals surface area contributed by atoms with Gasteiger partial charge in [0.15, 0.2) is 0 Å². The van der Waals surface area contributed by atoms with Gasteiger partial charge in [0.2, 0.25) is 0 Å². The fraction of sp³-hybridized carbons (Fsp3) is 0.600. The Bertz CT molecular complexity index is 384. The monoisotopic (exact) mass is 248 g/mol. The van der Waals surface area contributed by atoms with Crippen molar-refractivity contribution in [1.82, 2.24) is 4.90 Å². The normalized spacial score (nSPS) is 17.9. The number of piperidine rings is 1. The van der Waals surface area contributed by atoms with Crippen LogP contribution in [0.1, 0.15) is 24.0 Å². The first kappa shape index (κ1) is 13.4. The van der Waals surface area contributed by atoms with Crippen LogP contribution < -0.4 is 10.5 Å². The maximum atomic E-state index is 6.14. The van der Waals surface area contributed by atoms with Gasteiger partial charge in [-0.15, -0.1) is 0 Å². The second-order valence-corrected chi connectivity index (χ2v) is 5.22. The second kappa shape index (κ2) is 6.21. The number of rotatable bonds is 4. The van der Waals surface area contributed by atoms with Crippen molar-refractivity contribution in [1.29, 1.82) is 0 Å². The van der Waals surface area contributed by atoms with E-state index in [1.165, 1.54) is 11.1 Å². The minimum absolute atomic E-state index is 0.361. The molecule has 2 rings (SSSR count). The summed E-state index contributed by atoms with van der Waals surface area (Å²) in [6.45, 7) is 8.19. The summed E-state index contributed by atoms with van der Waals surface area (Å²) in [5.74, 6) is 1.05. The summed E-state index contributed by atoms with van der Waals surface area (Å²) < 4.78 is 6.14. The van der Waals surface area contributed by atoms with Gasteiger partial charge in [-0.2, -0.15) is 0 Å². The standard InChI is InChI=1S/C15H24N2O/c1-12-3-4-13(2)15(11-12)18-14-5-8-17(9-6-14)10-7-16/h3-4,11,14H,5-10,16H2,1-2H3. The van der Waals surface area contributed by atoms with Crippen molar-refractivity contribution in [2.24, 2.45) is 5.73 Å². The highest BCUT2D eigenvalue weighted by atomic mass is 16.5. The average molecular weight is 248 g/mol. The summed E-state index contributed by atoms with van der Waals surface area (Å²) in [4.78, 5) is 2.42. The van der Waals surface area contributed by atoms with E-state index in [0.717, 1.165) is 44.8 Å². The zero-order chi connectivity index (χ0) is 13.0. The molecule has 3 nitrogen and oxygen atoms in total. The smallest absolute Gasteiger partial charge is 0.122 e. The molecule has 3 heteroatoms. The van der Waals surface area contributed by atoms with Gasteiger partial charge in [-0.05, 0) is 43.9 Å². The van der Waals surface area contributed by atoms with Gasteiger partial charge in [0.1, 0.15) is 11.9 Å². The Morgan fingerprint density at radius 2 is 2.00 bits per heavy atom. The van der Waals surface area contributed by atoms with Gasteiger partial charge in [-0.3, -0.25) is 0 Å². The lowest BCUT2D eigenvalue weighted by atomic mass is 10.1. The summed E-state index contributed by atoms with van der Waals surface area (Å²) in [5.41, 5.74) is 8.07. The highest BCUT2D eigenvalue weighted by molar-refractivity contribution is 5.36. The van der Waals surface area contributed by atoms with Crippen molar-refractivity contribution >= 4 is 0 Å². The second-order valence-electron chi connectivity index (χ2n) is 5.22. The quantitative estimate of drug-likeness (QED) is 0.887. The Balaban J connectivity index is 1.89. The first-order valence-electron chi connectivity index (χ1n) is 6.85. The molecule has 0 aliphatic carbocycles. The van der Waals surface area contributed by atoms with Crippen LogP contribution in [0.4, 0.5) is 0 Å². The Morgan fingerprint density at radius 3 is 2.67 bits per heavy atom. The van der Waals surface area contributed by atoms with E-state index in [1.54, 1.807) is 0 Å². The summed E-state index contributed by atoms with van der Waals surface area (Å²) in [7, 11) is 0. The van der Waals surface area contributed by atoms with Crippen molar-refractivity contribution < 1.29 is 4.74 Å². The molecule has 1 aliphatic heterocycles. The molecule has 1 aromatic carbocycles. The van der Waals surface area contributed by atoms with Crippen molar-refractivity contribution in [3.05, 3.63) is 29.3 Å². The van der Waals surface area contributed by atoms with E-state index < -0.39 is 0 Å². The summed E-state index contributed by atoms with van der Waals surface area (Å²) in [6.07, 6.45) is 2.57. The van der Waals surface area contributed by atoms with Gasteiger partial charge >= 0.3 is 0 Å². The molecule has 1 aromatic rings. The predicted molar refractivity (Wildman–Crippen MR) is 75.1 cm³/mol. The molecular weight excluding hydrogens is 224 g/mol. The van der Waals surface area contributed by atoms with E-state index >= 15 is 0 Å². The fourth-order valence-corrected chi connectivity index (χ4v) is 2.45. The molecular formula is C15H24N2O. The summed E-state index contributed by atoms with van der Waals surface area (Å²) in [5, 5.41) is 0. The first-order valence-corrected chi connectivity index (χ1v) is 6.85. The van der Waals surface area contributed by atoms with Crippen LogP contribution in [0.25, 0.3) is 0 Å². The van der Waals surface area contributed by atoms with Gasteiger partial charge < -0.3 is 15.4 Å². The molecule has 0 bridgehead atoms. The third kappa shape index (κ3) is 3.47. The van der Waals surface area contributed by atoms with Crippen LogP contribution >= 0.6 is 0 Å². The van der Waals surface area contributed by atoms with Crippen LogP contribution in [0.5, 0.6) is 5.75 Å². The lowest BCUT2D eigenvalue weighted by Gasteiger charge is -2.32. The number of nitrogens with two attached hydrogens (primary N) is 1. The Labute approximate surface area is 110 Å². The van der Waals surface area contributed by atoms with E-state index in [2.05, 4.69) is 36.9 Å². The molecule has 1 heterocycles. The lowest BCUT2D eigenvalue weighted by molar-refractivity contribution is 0.102. The van der Waals surface area contributed by atoms with Crippen LogP contribution in [0.3, 0.4) is 0 Å². The predicted octanol–water partition coefficient (Wildman–Crippen LogP) is 2.11. The number of hydrogen-bond acceptors (Lipinski definition) is 3. The summed E-state index contributed by atoms with van der Waals surface area (Å²) in [6, 6.07) is 6.40. The fourth-order valence-electron chi connectivity index (χ4n) is 2.45. The topological polar surface area (TPSA) is 38.5 Å². The van der Waals surface area contributed by atoms with Crippen molar-refractivity contribution in [3.8, 4) is 5.75 Å². The van der Waals surface area contributed by atoms with Gasteiger partial charge in [0.25, 0.3) is 0 Å². The minimum Gasteiger partial charge on any atom is -0.490 e. The van der Waals surface area contributed by atoms with E-state index in [-0.39, 0.29) is 0 Å². The van der Waals surface area contributed by atoms with Crippen molar-refractivity contribution in [3.63, 3.8) is 0 Å². The molecule has 1 fully saturated rings. The zero-order valence-electron chi connectivity index (χ0n) is 11.5. The van der Waals surface area contributed by atoms with Crippen LogP contribution in [0.2, 0.25) is 0 Å². The SMILES string of the molecule is Cc1ccc(C)c(OC2CCN(CCN)CC2)c1. The van der Waals surface area contributed by atoms with Crippen molar-refractivity contribution in [2.75, 3.05) is 26.2 Å².